The molecule has 7 heavy (non-hydrogen) atoms. The zero-order chi connectivity index (χ0) is 5.54. The van der Waals surface area contributed by atoms with E-state index in [0.717, 1.165) is 5.75 Å². The van der Waals surface area contributed by atoms with E-state index in [0.29, 0.717) is 6.42 Å². The lowest BCUT2D eigenvalue weighted by Crippen LogP contribution is -1.75. The van der Waals surface area contributed by atoms with Gasteiger partial charge >= 0.3 is 0 Å². The molecule has 0 aliphatic heterocycles. The maximum Gasteiger partial charge on any atom is 0.0625 e. The molecule has 0 spiro atoms. The smallest absolute Gasteiger partial charge is 0.0625 e. The first-order valence-corrected chi connectivity index (χ1v) is 3.48. The van der Waals surface area contributed by atoms with Crippen molar-refractivity contribution in [1.29, 1.82) is 5.26 Å². The Balaban J connectivity index is 2.60. The molecule has 0 aromatic rings. The third kappa shape index (κ3) is 5.84. The molecule has 0 N–H and O–H groups in total. The molecule has 0 saturated carbocycles. The van der Waals surface area contributed by atoms with E-state index in [4.69, 9.17) is 5.26 Å². The Kier molecular flexibility index (Phi) is 5.71. The van der Waals surface area contributed by atoms with Crippen LogP contribution in [0, 0.1) is 17.8 Å². The molecule has 0 atom stereocenters. The van der Waals surface area contributed by atoms with E-state index < -0.39 is 0 Å². The molecule has 0 saturated heterocycles. The fourth-order valence-corrected chi connectivity index (χ4v) is 0.595. The summed E-state index contributed by atoms with van der Waals surface area (Å²) in [5, 5.41) is 8.00. The number of hydrogen-bond acceptors (Lipinski definition) is 2. The molecular formula is C5H8NS. The van der Waals surface area contributed by atoms with Crippen molar-refractivity contribution >= 4 is 11.8 Å². The van der Waals surface area contributed by atoms with Crippen LogP contribution < -0.4 is 0 Å². The zero-order valence-electron chi connectivity index (χ0n) is 4.35. The van der Waals surface area contributed by atoms with E-state index in [1.54, 1.807) is 11.8 Å². The second kappa shape index (κ2) is 5.84. The summed E-state index contributed by atoms with van der Waals surface area (Å²) in [4.78, 5) is 0. The Labute approximate surface area is 48.7 Å². The van der Waals surface area contributed by atoms with Crippen molar-refractivity contribution in [2.24, 2.45) is 0 Å². The van der Waals surface area contributed by atoms with Crippen molar-refractivity contribution in [3.05, 3.63) is 6.42 Å². The van der Waals surface area contributed by atoms with E-state index in [2.05, 4.69) is 0 Å². The van der Waals surface area contributed by atoms with Crippen LogP contribution in [0.5, 0.6) is 0 Å². The van der Waals surface area contributed by atoms with Crippen LogP contribution in [-0.2, 0) is 0 Å². The minimum absolute atomic E-state index is 0.584. The molecule has 0 unspecified atom stereocenters. The van der Waals surface area contributed by atoms with Crippen LogP contribution >= 0.6 is 11.8 Å². The summed E-state index contributed by atoms with van der Waals surface area (Å²) in [6, 6.07) is 2.03. The fourth-order valence-electron chi connectivity index (χ4n) is 0.241. The van der Waals surface area contributed by atoms with E-state index in [-0.39, 0.29) is 0 Å². The van der Waals surface area contributed by atoms with Crippen LogP contribution in [0.3, 0.4) is 0 Å². The van der Waals surface area contributed by atoms with Gasteiger partial charge in [-0.3, -0.25) is 0 Å². The van der Waals surface area contributed by atoms with E-state index in [1.807, 2.05) is 18.7 Å². The van der Waals surface area contributed by atoms with E-state index >= 15 is 0 Å². The van der Waals surface area contributed by atoms with Crippen LogP contribution in [0.1, 0.15) is 6.42 Å². The van der Waals surface area contributed by atoms with Gasteiger partial charge in [0, 0.05) is 6.42 Å². The maximum absolute atomic E-state index is 8.00. The topological polar surface area (TPSA) is 23.8 Å². The number of nitriles is 1. The van der Waals surface area contributed by atoms with Crippen molar-refractivity contribution in [3.63, 3.8) is 0 Å². The van der Waals surface area contributed by atoms with Crippen LogP contribution in [0.15, 0.2) is 0 Å². The molecule has 39 valence electrons. The molecule has 2 heteroatoms. The molecular weight excluding hydrogens is 106 g/mol. The largest absolute Gasteiger partial charge is 0.198 e. The fraction of sp³-hybridized carbons (Fsp3) is 0.600. The van der Waals surface area contributed by atoms with Gasteiger partial charge < -0.3 is 0 Å². The lowest BCUT2D eigenvalue weighted by molar-refractivity contribution is 1.22. The number of nitrogens with zero attached hydrogens (tertiary/aromatic N) is 1. The number of hydrogen-bond donors (Lipinski definition) is 0. The van der Waals surface area contributed by atoms with Gasteiger partial charge in [0.1, 0.15) is 0 Å². The molecule has 0 aliphatic rings. The molecule has 0 aromatic heterocycles. The van der Waals surface area contributed by atoms with Gasteiger partial charge in [-0.05, 0) is 18.4 Å². The SMILES string of the molecule is CSC[CH]CC#N. The van der Waals surface area contributed by atoms with Crippen LogP contribution in [0.2, 0.25) is 0 Å². The summed E-state index contributed by atoms with van der Waals surface area (Å²) >= 11 is 1.73. The van der Waals surface area contributed by atoms with Crippen molar-refractivity contribution in [1.82, 2.24) is 0 Å². The lowest BCUT2D eigenvalue weighted by Gasteiger charge is -1.84. The predicted molar refractivity (Wildman–Crippen MR) is 32.9 cm³/mol. The molecule has 0 heterocycles. The van der Waals surface area contributed by atoms with Gasteiger partial charge in [-0.15, -0.1) is 0 Å². The zero-order valence-corrected chi connectivity index (χ0v) is 5.16. The van der Waals surface area contributed by atoms with Gasteiger partial charge in [0.2, 0.25) is 0 Å². The normalized spacial score (nSPS) is 8.00. The first-order valence-electron chi connectivity index (χ1n) is 2.09. The number of rotatable bonds is 3. The average molecular weight is 114 g/mol. The highest BCUT2D eigenvalue weighted by atomic mass is 32.2. The summed E-state index contributed by atoms with van der Waals surface area (Å²) in [5.74, 6) is 0.994. The van der Waals surface area contributed by atoms with E-state index in [9.17, 15) is 0 Å². The maximum atomic E-state index is 8.00. The standard InChI is InChI=1S/C5H8NS/c1-7-5-3-2-4-6/h3H,2,5H2,1H3. The van der Waals surface area contributed by atoms with Gasteiger partial charge in [0.25, 0.3) is 0 Å². The average Bonchev–Trinajstić information content (AvgIpc) is 1.69. The highest BCUT2D eigenvalue weighted by Crippen LogP contribution is 1.95. The molecule has 1 radical (unpaired) electrons. The predicted octanol–water partition coefficient (Wildman–Crippen LogP) is 1.47. The molecule has 0 aromatic carbocycles. The van der Waals surface area contributed by atoms with Crippen molar-refractivity contribution in [3.8, 4) is 6.07 Å². The summed E-state index contributed by atoms with van der Waals surface area (Å²) in [6.07, 6.45) is 4.57. The lowest BCUT2D eigenvalue weighted by atomic mass is 10.4. The highest BCUT2D eigenvalue weighted by molar-refractivity contribution is 7.98. The minimum atomic E-state index is 0.584. The first-order chi connectivity index (χ1) is 3.41. The van der Waals surface area contributed by atoms with E-state index in [1.165, 1.54) is 0 Å². The Morgan fingerprint density at radius 1 is 1.86 bits per heavy atom. The molecule has 0 aliphatic carbocycles. The Morgan fingerprint density at radius 2 is 2.57 bits per heavy atom. The molecule has 0 bridgehead atoms. The van der Waals surface area contributed by atoms with Crippen LogP contribution in [-0.4, -0.2) is 12.0 Å². The van der Waals surface area contributed by atoms with Gasteiger partial charge in [0.15, 0.2) is 0 Å². The monoisotopic (exact) mass is 114 g/mol. The summed E-state index contributed by atoms with van der Waals surface area (Å²) in [7, 11) is 0. The minimum Gasteiger partial charge on any atom is -0.198 e. The van der Waals surface area contributed by atoms with Crippen LogP contribution in [0.25, 0.3) is 0 Å². The second-order valence-electron chi connectivity index (χ2n) is 1.11. The van der Waals surface area contributed by atoms with Crippen molar-refractivity contribution < 1.29 is 0 Å². The highest BCUT2D eigenvalue weighted by Gasteiger charge is 1.80. The first kappa shape index (κ1) is 6.84. The summed E-state index contributed by atoms with van der Waals surface area (Å²) in [5.41, 5.74) is 0. The second-order valence-corrected chi connectivity index (χ2v) is 2.02. The van der Waals surface area contributed by atoms with Gasteiger partial charge in [-0.1, -0.05) is 0 Å². The molecule has 1 nitrogen and oxygen atoms in total. The van der Waals surface area contributed by atoms with Crippen molar-refractivity contribution in [2.45, 2.75) is 6.42 Å². The third-order valence-electron chi connectivity index (χ3n) is 0.520. The Morgan fingerprint density at radius 3 is 3.00 bits per heavy atom. The summed E-state index contributed by atoms with van der Waals surface area (Å²) < 4.78 is 0. The summed E-state index contributed by atoms with van der Waals surface area (Å²) in [6.45, 7) is 0. The van der Waals surface area contributed by atoms with Gasteiger partial charge in [-0.25, -0.2) is 0 Å². The Hall–Kier alpha value is -0.160. The van der Waals surface area contributed by atoms with Gasteiger partial charge in [-0.2, -0.15) is 17.0 Å². The number of thioether (sulfide) groups is 1. The Bertz CT molecular complexity index is 65.0. The molecule has 0 amide bonds. The third-order valence-corrected chi connectivity index (χ3v) is 1.09. The van der Waals surface area contributed by atoms with Gasteiger partial charge in [0.05, 0.1) is 6.07 Å². The van der Waals surface area contributed by atoms with Crippen molar-refractivity contribution in [2.75, 3.05) is 12.0 Å². The quantitative estimate of drug-likeness (QED) is 0.519. The number of unbranched alkanes of at least 4 members (excludes halogenated alkanes) is 1. The molecule has 0 fully saturated rings. The molecule has 0 rings (SSSR count). The van der Waals surface area contributed by atoms with Crippen LogP contribution in [0.4, 0.5) is 0 Å².